The Labute approximate surface area is 351 Å². The van der Waals surface area contributed by atoms with Crippen LogP contribution in [0.5, 0.6) is 0 Å². The first-order valence-electron chi connectivity index (χ1n) is 24.2. The Bertz CT molecular complexity index is 1200. The fourth-order valence-electron chi connectivity index (χ4n) is 8.66. The molecular formula is C52H87NO4. The van der Waals surface area contributed by atoms with E-state index in [0.29, 0.717) is 6.61 Å². The van der Waals surface area contributed by atoms with Gasteiger partial charge in [0.2, 0.25) is 0 Å². The van der Waals surface area contributed by atoms with Crippen LogP contribution in [0, 0.1) is 5.92 Å². The molecule has 324 valence electrons. The summed E-state index contributed by atoms with van der Waals surface area (Å²) in [6, 6.07) is 9.98. The summed E-state index contributed by atoms with van der Waals surface area (Å²) in [6.07, 6.45) is 49.8. The van der Waals surface area contributed by atoms with E-state index in [1.807, 2.05) is 37.4 Å². The van der Waals surface area contributed by atoms with Crippen molar-refractivity contribution in [1.29, 1.82) is 0 Å². The van der Waals surface area contributed by atoms with E-state index in [1.54, 1.807) is 4.90 Å². The number of fused-ring (bicyclic) bond motifs is 1. The molecule has 5 nitrogen and oxygen atoms in total. The summed E-state index contributed by atoms with van der Waals surface area (Å²) < 4.78 is 19.5. The zero-order valence-electron chi connectivity index (χ0n) is 37.5. The van der Waals surface area contributed by atoms with Crippen molar-refractivity contribution in [2.75, 3.05) is 7.05 Å². The van der Waals surface area contributed by atoms with Gasteiger partial charge in [-0.3, -0.25) is 0 Å². The molecule has 1 aromatic rings. The number of hydrogen-bond acceptors (Lipinski definition) is 4. The number of carbonyl (C=O) groups is 1. The Kier molecular flexibility index (Phi) is 27.1. The lowest BCUT2D eigenvalue weighted by molar-refractivity contribution is -0.192. The number of benzene rings is 1. The third kappa shape index (κ3) is 22.0. The van der Waals surface area contributed by atoms with E-state index in [4.69, 9.17) is 14.2 Å². The summed E-state index contributed by atoms with van der Waals surface area (Å²) in [5.74, 6) is 0.377. The minimum Gasteiger partial charge on any atom is -0.445 e. The van der Waals surface area contributed by atoms with Gasteiger partial charge in [-0.05, 0) is 95.0 Å². The molecule has 1 saturated carbocycles. The standard InChI is InChI=1S/C52H87NO4/c1-5-7-9-11-13-14-15-16-17-18-19-20-21-24-28-35-41-52(42-36-29-25-23-27-32-38-46(3)37-31-26-22-12-10-8-6-2)56-49-43-48(44-50(49)57-52)53(4)51(54)55-45-47-39-33-30-34-40-47/h13-14,16-17,22,26,30,33-34,39-40,46,48-50H,5-12,15,18-21,23-25,27-29,31-32,35-38,41-45H2,1-4H3/b14-13-,17-16-,26-22-/t46?,48?,49-,50+,52?. The van der Waals surface area contributed by atoms with Crippen molar-refractivity contribution in [1.82, 2.24) is 4.90 Å². The molecule has 1 heterocycles. The van der Waals surface area contributed by atoms with Crippen molar-refractivity contribution in [3.8, 4) is 0 Å². The highest BCUT2D eigenvalue weighted by Crippen LogP contribution is 2.45. The summed E-state index contributed by atoms with van der Waals surface area (Å²) >= 11 is 0. The number of hydrogen-bond donors (Lipinski definition) is 0. The Morgan fingerprint density at radius 3 is 1.74 bits per heavy atom. The zero-order valence-corrected chi connectivity index (χ0v) is 37.5. The molecule has 0 radical (unpaired) electrons. The lowest BCUT2D eigenvalue weighted by Crippen LogP contribution is -2.38. The van der Waals surface area contributed by atoms with E-state index in [1.165, 1.54) is 141 Å². The molecule has 5 heteroatoms. The second kappa shape index (κ2) is 31.5. The van der Waals surface area contributed by atoms with E-state index >= 15 is 0 Å². The second-order valence-corrected chi connectivity index (χ2v) is 17.6. The van der Waals surface area contributed by atoms with Gasteiger partial charge >= 0.3 is 6.09 Å². The molecule has 0 aromatic heterocycles. The van der Waals surface area contributed by atoms with Gasteiger partial charge in [0.25, 0.3) is 0 Å². The van der Waals surface area contributed by atoms with Gasteiger partial charge < -0.3 is 19.1 Å². The molecule has 1 amide bonds. The molecule has 2 fully saturated rings. The van der Waals surface area contributed by atoms with E-state index in [0.717, 1.165) is 56.4 Å². The average molecular weight is 790 g/mol. The lowest BCUT2D eigenvalue weighted by Gasteiger charge is -2.31. The van der Waals surface area contributed by atoms with Crippen LogP contribution in [-0.4, -0.2) is 42.1 Å². The van der Waals surface area contributed by atoms with Crippen LogP contribution in [-0.2, 0) is 20.8 Å². The van der Waals surface area contributed by atoms with Gasteiger partial charge in [-0.1, -0.05) is 177 Å². The molecule has 3 unspecified atom stereocenters. The van der Waals surface area contributed by atoms with Crippen LogP contribution in [0.3, 0.4) is 0 Å². The summed E-state index contributed by atoms with van der Waals surface area (Å²) in [7, 11) is 1.87. The minimum absolute atomic E-state index is 0.0579. The average Bonchev–Trinajstić information content (AvgIpc) is 3.77. The first-order valence-corrected chi connectivity index (χ1v) is 24.2. The molecule has 1 aliphatic carbocycles. The van der Waals surface area contributed by atoms with Crippen LogP contribution in [0.2, 0.25) is 0 Å². The van der Waals surface area contributed by atoms with E-state index in [9.17, 15) is 4.79 Å². The van der Waals surface area contributed by atoms with Gasteiger partial charge in [0.1, 0.15) is 6.61 Å². The predicted molar refractivity (Wildman–Crippen MR) is 242 cm³/mol. The van der Waals surface area contributed by atoms with Gasteiger partial charge in [-0.15, -0.1) is 0 Å². The second-order valence-electron chi connectivity index (χ2n) is 17.6. The highest BCUT2D eigenvalue weighted by atomic mass is 16.8. The Hall–Kier alpha value is -2.37. The Morgan fingerprint density at radius 2 is 1.16 bits per heavy atom. The first-order chi connectivity index (χ1) is 28.0. The lowest BCUT2D eigenvalue weighted by atomic mass is 9.96. The van der Waals surface area contributed by atoms with Gasteiger partial charge in [0.15, 0.2) is 5.79 Å². The molecule has 5 atom stereocenters. The number of allylic oxidation sites excluding steroid dienone is 6. The fraction of sp³-hybridized carbons (Fsp3) is 0.750. The number of rotatable bonds is 34. The third-order valence-electron chi connectivity index (χ3n) is 12.4. The molecule has 0 N–H and O–H groups in total. The van der Waals surface area contributed by atoms with Crippen molar-refractivity contribution < 1.29 is 19.0 Å². The highest BCUT2D eigenvalue weighted by molar-refractivity contribution is 5.67. The topological polar surface area (TPSA) is 48.0 Å². The number of amides is 1. The van der Waals surface area contributed by atoms with E-state index < -0.39 is 5.79 Å². The maximum atomic E-state index is 12.9. The van der Waals surface area contributed by atoms with Crippen LogP contribution in [0.4, 0.5) is 4.79 Å². The number of carbonyl (C=O) groups excluding carboxylic acids is 1. The first kappa shape index (κ1) is 49.0. The predicted octanol–water partition coefficient (Wildman–Crippen LogP) is 15.8. The van der Waals surface area contributed by atoms with E-state index in [2.05, 4.69) is 57.2 Å². The summed E-state index contributed by atoms with van der Waals surface area (Å²) in [5.41, 5.74) is 1.00. The molecular weight excluding hydrogens is 703 g/mol. The summed E-state index contributed by atoms with van der Waals surface area (Å²) in [4.78, 5) is 14.7. The molecule has 0 spiro atoms. The van der Waals surface area contributed by atoms with Crippen LogP contribution >= 0.6 is 0 Å². The van der Waals surface area contributed by atoms with Crippen LogP contribution < -0.4 is 0 Å². The number of nitrogens with zero attached hydrogens (tertiary/aromatic N) is 1. The molecule has 1 saturated heterocycles. The quantitative estimate of drug-likeness (QED) is 0.0515. The Morgan fingerprint density at radius 1 is 0.667 bits per heavy atom. The SMILES string of the molecule is CCCCC/C=C\C/C=C\CCCCCCCCC1(CCCCCCCCC(C)CC/C=C\CCCCC)O[C@H]2CC(N(C)C(=O)OCc3ccccc3)C[C@H]2O1. The van der Waals surface area contributed by atoms with Crippen molar-refractivity contribution in [2.24, 2.45) is 5.92 Å². The van der Waals surface area contributed by atoms with Gasteiger partial charge in [-0.2, -0.15) is 0 Å². The van der Waals surface area contributed by atoms with Crippen LogP contribution in [0.15, 0.2) is 66.8 Å². The van der Waals surface area contributed by atoms with Crippen molar-refractivity contribution in [3.63, 3.8) is 0 Å². The molecule has 3 rings (SSSR count). The minimum atomic E-state index is -0.457. The molecule has 1 aromatic carbocycles. The molecule has 0 bridgehead atoms. The maximum Gasteiger partial charge on any atom is 0.410 e. The van der Waals surface area contributed by atoms with Crippen LogP contribution in [0.25, 0.3) is 0 Å². The number of ether oxygens (including phenoxy) is 3. The monoisotopic (exact) mass is 790 g/mol. The largest absolute Gasteiger partial charge is 0.445 e. The van der Waals surface area contributed by atoms with Crippen molar-refractivity contribution >= 4 is 6.09 Å². The van der Waals surface area contributed by atoms with E-state index in [-0.39, 0.29) is 24.3 Å². The highest BCUT2D eigenvalue weighted by Gasteiger charge is 2.52. The van der Waals surface area contributed by atoms with Crippen molar-refractivity contribution in [3.05, 3.63) is 72.4 Å². The normalized spacial score (nSPS) is 21.3. The van der Waals surface area contributed by atoms with Crippen molar-refractivity contribution in [2.45, 2.75) is 238 Å². The molecule has 1 aliphatic heterocycles. The van der Waals surface area contributed by atoms with Gasteiger partial charge in [0, 0.05) is 25.9 Å². The van der Waals surface area contributed by atoms with Gasteiger partial charge in [-0.25, -0.2) is 4.79 Å². The summed E-state index contributed by atoms with van der Waals surface area (Å²) in [5, 5.41) is 0. The maximum absolute atomic E-state index is 12.9. The summed E-state index contributed by atoms with van der Waals surface area (Å²) in [6.45, 7) is 7.27. The zero-order chi connectivity index (χ0) is 40.7. The fourth-order valence-corrected chi connectivity index (χ4v) is 8.66. The third-order valence-corrected chi connectivity index (χ3v) is 12.4. The Balaban J connectivity index is 1.34. The smallest absolute Gasteiger partial charge is 0.410 e. The number of unbranched alkanes of at least 4 members (excludes halogenated alkanes) is 17. The molecule has 57 heavy (non-hydrogen) atoms. The van der Waals surface area contributed by atoms with Gasteiger partial charge in [0.05, 0.1) is 12.2 Å². The molecule has 2 aliphatic rings. The van der Waals surface area contributed by atoms with Crippen LogP contribution in [0.1, 0.15) is 213 Å².